The third-order valence-corrected chi connectivity index (χ3v) is 4.21. The molecular formula is C20H16N2OS. The number of aryl methyl sites for hydroxylation is 1. The van der Waals surface area contributed by atoms with Crippen LogP contribution in [0.4, 0.5) is 0 Å². The number of nitrogens with zero attached hydrogens (tertiary/aromatic N) is 1. The van der Waals surface area contributed by atoms with Gasteiger partial charge >= 0.3 is 0 Å². The summed E-state index contributed by atoms with van der Waals surface area (Å²) in [5.41, 5.74) is 5.35. The number of nitriles is 1. The van der Waals surface area contributed by atoms with E-state index >= 15 is 0 Å². The van der Waals surface area contributed by atoms with Crippen LogP contribution in [0.3, 0.4) is 0 Å². The number of rotatable bonds is 3. The van der Waals surface area contributed by atoms with Crippen molar-refractivity contribution >= 4 is 12.2 Å². The summed E-state index contributed by atoms with van der Waals surface area (Å²) in [5.74, 6) is 0.775. The van der Waals surface area contributed by atoms with Gasteiger partial charge in [0, 0.05) is 11.3 Å². The van der Waals surface area contributed by atoms with Crippen LogP contribution in [-0.4, -0.2) is 12.1 Å². The standard InChI is InChI=1S/C20H16N2OS/c1-13-3-5-15(6-4-13)19-11-17(18(12-21)20(24)22-19)14-7-9-16(23-2)10-8-14/h3-11H,1-2H3,(H,22,24). The first-order chi connectivity index (χ1) is 11.6. The topological polar surface area (TPSA) is 48.8 Å². The Morgan fingerprint density at radius 3 is 2.21 bits per heavy atom. The predicted octanol–water partition coefficient (Wildman–Crippen LogP) is 5.27. The number of H-pyrrole nitrogens is 1. The molecule has 0 saturated carbocycles. The molecule has 0 atom stereocenters. The van der Waals surface area contributed by atoms with E-state index in [0.29, 0.717) is 10.2 Å². The summed E-state index contributed by atoms with van der Waals surface area (Å²) in [6, 6.07) is 20.0. The van der Waals surface area contributed by atoms with Gasteiger partial charge in [-0.15, -0.1) is 0 Å². The van der Waals surface area contributed by atoms with Gasteiger partial charge in [0.2, 0.25) is 0 Å². The molecular weight excluding hydrogens is 316 g/mol. The lowest BCUT2D eigenvalue weighted by Crippen LogP contribution is -1.93. The van der Waals surface area contributed by atoms with Gasteiger partial charge in [0.1, 0.15) is 16.5 Å². The van der Waals surface area contributed by atoms with E-state index in [1.54, 1.807) is 7.11 Å². The Morgan fingerprint density at radius 1 is 1.00 bits per heavy atom. The van der Waals surface area contributed by atoms with E-state index in [1.807, 2.05) is 49.4 Å². The first-order valence-corrected chi connectivity index (χ1v) is 7.92. The lowest BCUT2D eigenvalue weighted by Gasteiger charge is -2.10. The number of ether oxygens (including phenoxy) is 1. The van der Waals surface area contributed by atoms with Crippen molar-refractivity contribution in [3.8, 4) is 34.2 Å². The van der Waals surface area contributed by atoms with Crippen molar-refractivity contribution in [2.45, 2.75) is 6.92 Å². The zero-order valence-corrected chi connectivity index (χ0v) is 14.3. The van der Waals surface area contributed by atoms with Gasteiger partial charge in [-0.05, 0) is 36.2 Å². The van der Waals surface area contributed by atoms with Crippen LogP contribution in [0, 0.1) is 22.9 Å². The van der Waals surface area contributed by atoms with Crippen LogP contribution < -0.4 is 4.74 Å². The van der Waals surface area contributed by atoms with Gasteiger partial charge < -0.3 is 9.72 Å². The van der Waals surface area contributed by atoms with E-state index in [4.69, 9.17) is 17.0 Å². The molecule has 0 amide bonds. The van der Waals surface area contributed by atoms with Crippen molar-refractivity contribution < 1.29 is 4.74 Å². The number of nitrogens with one attached hydrogen (secondary N) is 1. The number of hydrogen-bond acceptors (Lipinski definition) is 3. The van der Waals surface area contributed by atoms with E-state index in [9.17, 15) is 5.26 Å². The Morgan fingerprint density at radius 2 is 1.62 bits per heavy atom. The number of benzene rings is 2. The van der Waals surface area contributed by atoms with E-state index in [2.05, 4.69) is 23.2 Å². The molecule has 0 bridgehead atoms. The molecule has 3 rings (SSSR count). The molecule has 3 aromatic rings. The second kappa shape index (κ2) is 6.69. The fourth-order valence-corrected chi connectivity index (χ4v) is 2.82. The highest BCUT2D eigenvalue weighted by atomic mass is 32.1. The van der Waals surface area contributed by atoms with Gasteiger partial charge in [-0.1, -0.05) is 54.2 Å². The Hall–Kier alpha value is -2.90. The number of hydrogen-bond donors (Lipinski definition) is 1. The van der Waals surface area contributed by atoms with Crippen LogP contribution in [0.1, 0.15) is 11.1 Å². The quantitative estimate of drug-likeness (QED) is 0.665. The smallest absolute Gasteiger partial charge is 0.122 e. The first kappa shape index (κ1) is 16.0. The van der Waals surface area contributed by atoms with Crippen LogP contribution in [0.5, 0.6) is 5.75 Å². The third kappa shape index (κ3) is 3.08. The Kier molecular flexibility index (Phi) is 4.45. The molecule has 3 nitrogen and oxygen atoms in total. The second-order valence-corrected chi connectivity index (χ2v) is 5.92. The zero-order chi connectivity index (χ0) is 17.1. The fraction of sp³-hybridized carbons (Fsp3) is 0.100. The highest BCUT2D eigenvalue weighted by molar-refractivity contribution is 7.71. The molecule has 0 aliphatic rings. The zero-order valence-electron chi connectivity index (χ0n) is 13.5. The van der Waals surface area contributed by atoms with Crippen LogP contribution in [0.2, 0.25) is 0 Å². The van der Waals surface area contributed by atoms with Gasteiger partial charge in [0.25, 0.3) is 0 Å². The van der Waals surface area contributed by atoms with Gasteiger partial charge in [-0.2, -0.15) is 5.26 Å². The Balaban J connectivity index is 2.18. The summed E-state index contributed by atoms with van der Waals surface area (Å²) in [6.45, 7) is 2.05. The van der Waals surface area contributed by atoms with Crippen LogP contribution in [0.15, 0.2) is 54.6 Å². The minimum absolute atomic E-state index is 0.446. The van der Waals surface area contributed by atoms with Crippen molar-refractivity contribution in [2.75, 3.05) is 7.11 Å². The van der Waals surface area contributed by atoms with Gasteiger partial charge in [-0.3, -0.25) is 0 Å². The molecule has 0 fully saturated rings. The summed E-state index contributed by atoms with van der Waals surface area (Å²) in [7, 11) is 1.63. The molecule has 0 spiro atoms. The lowest BCUT2D eigenvalue weighted by molar-refractivity contribution is 0.415. The molecule has 0 aliphatic carbocycles. The Bertz CT molecular complexity index is 965. The molecule has 1 aromatic heterocycles. The summed E-state index contributed by atoms with van der Waals surface area (Å²) >= 11 is 5.40. The van der Waals surface area contributed by atoms with E-state index in [1.165, 1.54) is 5.56 Å². The average Bonchev–Trinajstić information content (AvgIpc) is 2.61. The Labute approximate surface area is 146 Å². The van der Waals surface area contributed by atoms with Crippen LogP contribution in [-0.2, 0) is 0 Å². The number of pyridine rings is 1. The monoisotopic (exact) mass is 332 g/mol. The third-order valence-electron chi connectivity index (χ3n) is 3.91. The maximum Gasteiger partial charge on any atom is 0.122 e. The number of methoxy groups -OCH3 is 1. The maximum atomic E-state index is 9.50. The lowest BCUT2D eigenvalue weighted by atomic mass is 9.99. The van der Waals surface area contributed by atoms with Gasteiger partial charge in [-0.25, -0.2) is 0 Å². The normalized spacial score (nSPS) is 10.2. The largest absolute Gasteiger partial charge is 0.497 e. The first-order valence-electron chi connectivity index (χ1n) is 7.51. The molecule has 1 N–H and O–H groups in total. The minimum atomic E-state index is 0.446. The minimum Gasteiger partial charge on any atom is -0.497 e. The molecule has 1 heterocycles. The molecule has 118 valence electrons. The summed E-state index contributed by atoms with van der Waals surface area (Å²) in [6.07, 6.45) is 0. The van der Waals surface area contributed by atoms with E-state index in [-0.39, 0.29) is 0 Å². The average molecular weight is 332 g/mol. The van der Waals surface area contributed by atoms with E-state index in [0.717, 1.165) is 28.1 Å². The van der Waals surface area contributed by atoms with Crippen molar-refractivity contribution in [2.24, 2.45) is 0 Å². The maximum absolute atomic E-state index is 9.50. The van der Waals surface area contributed by atoms with Gasteiger partial charge in [0.05, 0.1) is 12.7 Å². The molecule has 4 heteroatoms. The second-order valence-electron chi connectivity index (χ2n) is 5.51. The highest BCUT2D eigenvalue weighted by Crippen LogP contribution is 2.30. The number of aromatic nitrogens is 1. The molecule has 0 saturated heterocycles. The van der Waals surface area contributed by atoms with Crippen molar-refractivity contribution in [3.05, 3.63) is 70.4 Å². The fourth-order valence-electron chi connectivity index (χ4n) is 2.56. The summed E-state index contributed by atoms with van der Waals surface area (Å²) in [5, 5.41) is 9.50. The van der Waals surface area contributed by atoms with Crippen LogP contribution in [0.25, 0.3) is 22.4 Å². The van der Waals surface area contributed by atoms with Crippen LogP contribution >= 0.6 is 12.2 Å². The molecule has 0 radical (unpaired) electrons. The summed E-state index contributed by atoms with van der Waals surface area (Å²) in [4.78, 5) is 3.16. The van der Waals surface area contributed by atoms with E-state index < -0.39 is 0 Å². The molecule has 0 unspecified atom stereocenters. The SMILES string of the molecule is COc1ccc(-c2cc(-c3ccc(C)cc3)[nH]c(=S)c2C#N)cc1. The van der Waals surface area contributed by atoms with Crippen molar-refractivity contribution in [1.82, 2.24) is 4.98 Å². The summed E-state index contributed by atoms with van der Waals surface area (Å²) < 4.78 is 5.64. The van der Waals surface area contributed by atoms with Crippen molar-refractivity contribution in [3.63, 3.8) is 0 Å². The molecule has 0 aliphatic heterocycles. The van der Waals surface area contributed by atoms with Gasteiger partial charge in [0.15, 0.2) is 0 Å². The molecule has 24 heavy (non-hydrogen) atoms. The molecule has 2 aromatic carbocycles. The van der Waals surface area contributed by atoms with Crippen molar-refractivity contribution in [1.29, 1.82) is 5.26 Å². The predicted molar refractivity (Wildman–Crippen MR) is 98.5 cm³/mol. The number of aromatic amines is 1. The highest BCUT2D eigenvalue weighted by Gasteiger charge is 2.10.